The number of terminal acetylenes is 1. The zero-order valence-corrected chi connectivity index (χ0v) is 17.9. The molecule has 1 unspecified atom stereocenters. The maximum Gasteiger partial charge on any atom is 0.416 e. The quantitative estimate of drug-likeness (QED) is 0.595. The highest BCUT2D eigenvalue weighted by Gasteiger charge is 2.36. The summed E-state index contributed by atoms with van der Waals surface area (Å²) in [4.78, 5) is 27.1. The number of anilines is 1. The van der Waals surface area contributed by atoms with Crippen LogP contribution in [0.25, 0.3) is 0 Å². The second kappa shape index (κ2) is 10.1. The topological polar surface area (TPSA) is 49.4 Å². The predicted molar refractivity (Wildman–Crippen MR) is 117 cm³/mol. The van der Waals surface area contributed by atoms with Gasteiger partial charge in [0, 0.05) is 16.8 Å². The van der Waals surface area contributed by atoms with Gasteiger partial charge < -0.3 is 5.32 Å². The van der Waals surface area contributed by atoms with E-state index in [-0.39, 0.29) is 11.7 Å². The SMILES string of the molecule is C#CC(=O)N(c1cccc(C(F)(F)F)c1)C(C(=O)NC1CCCCC1)c1cccc(Cl)c1. The van der Waals surface area contributed by atoms with Crippen LogP contribution in [-0.2, 0) is 15.8 Å². The van der Waals surface area contributed by atoms with Crippen LogP contribution in [0.15, 0.2) is 48.5 Å². The van der Waals surface area contributed by atoms with E-state index in [1.807, 2.05) is 5.92 Å². The van der Waals surface area contributed by atoms with E-state index in [0.717, 1.165) is 49.1 Å². The molecular formula is C24H22ClF3N2O2. The Bertz CT molecular complexity index is 1030. The predicted octanol–water partition coefficient (Wildman–Crippen LogP) is 5.52. The van der Waals surface area contributed by atoms with Gasteiger partial charge in [-0.1, -0.05) is 49.1 Å². The molecule has 0 saturated heterocycles. The van der Waals surface area contributed by atoms with Gasteiger partial charge in [-0.3, -0.25) is 14.5 Å². The molecule has 4 nitrogen and oxygen atoms in total. The number of carbonyl (C=O) groups is 2. The summed E-state index contributed by atoms with van der Waals surface area (Å²) >= 11 is 6.11. The van der Waals surface area contributed by atoms with Crippen LogP contribution in [0, 0.1) is 12.3 Å². The van der Waals surface area contributed by atoms with Crippen molar-refractivity contribution in [2.75, 3.05) is 4.90 Å². The summed E-state index contributed by atoms with van der Waals surface area (Å²) in [6.45, 7) is 0. The Hall–Kier alpha value is -2.98. The maximum atomic E-state index is 13.4. The van der Waals surface area contributed by atoms with Gasteiger partial charge in [0.25, 0.3) is 0 Å². The van der Waals surface area contributed by atoms with E-state index in [1.165, 1.54) is 18.2 Å². The zero-order chi connectivity index (χ0) is 23.3. The van der Waals surface area contributed by atoms with Crippen LogP contribution in [0.2, 0.25) is 5.02 Å². The first-order valence-corrected chi connectivity index (χ1v) is 10.6. The van der Waals surface area contributed by atoms with Gasteiger partial charge in [0.15, 0.2) is 0 Å². The first kappa shape index (κ1) is 23.7. The van der Waals surface area contributed by atoms with Gasteiger partial charge in [0.1, 0.15) is 6.04 Å². The second-order valence-corrected chi connectivity index (χ2v) is 8.11. The minimum absolute atomic E-state index is 0.0813. The van der Waals surface area contributed by atoms with Crippen molar-refractivity contribution >= 4 is 29.1 Å². The summed E-state index contributed by atoms with van der Waals surface area (Å²) < 4.78 is 40.0. The minimum Gasteiger partial charge on any atom is -0.351 e. The molecule has 2 aromatic rings. The van der Waals surface area contributed by atoms with Gasteiger partial charge in [-0.2, -0.15) is 13.2 Å². The fourth-order valence-electron chi connectivity index (χ4n) is 3.91. The summed E-state index contributed by atoms with van der Waals surface area (Å²) in [6, 6.07) is 9.09. The van der Waals surface area contributed by atoms with E-state index in [1.54, 1.807) is 18.2 Å². The third kappa shape index (κ3) is 5.63. The molecule has 2 aromatic carbocycles. The fourth-order valence-corrected chi connectivity index (χ4v) is 4.11. The lowest BCUT2D eigenvalue weighted by molar-refractivity contribution is -0.137. The normalized spacial score (nSPS) is 15.5. The van der Waals surface area contributed by atoms with Crippen molar-refractivity contribution in [2.45, 2.75) is 50.4 Å². The van der Waals surface area contributed by atoms with E-state index in [4.69, 9.17) is 18.0 Å². The highest BCUT2D eigenvalue weighted by molar-refractivity contribution is 6.30. The molecule has 0 heterocycles. The van der Waals surface area contributed by atoms with Crippen LogP contribution in [-0.4, -0.2) is 17.9 Å². The van der Waals surface area contributed by atoms with Crippen molar-refractivity contribution in [3.05, 3.63) is 64.7 Å². The second-order valence-electron chi connectivity index (χ2n) is 7.67. The van der Waals surface area contributed by atoms with Crippen LogP contribution >= 0.6 is 11.6 Å². The molecule has 0 radical (unpaired) electrons. The Morgan fingerprint density at radius 2 is 1.78 bits per heavy atom. The average molecular weight is 463 g/mol. The van der Waals surface area contributed by atoms with E-state index < -0.39 is 29.6 Å². The van der Waals surface area contributed by atoms with Gasteiger partial charge >= 0.3 is 12.1 Å². The third-order valence-corrected chi connectivity index (χ3v) is 5.65. The molecule has 8 heteroatoms. The number of hydrogen-bond donors (Lipinski definition) is 1. The summed E-state index contributed by atoms with van der Waals surface area (Å²) in [5.41, 5.74) is -0.749. The Kier molecular flexibility index (Phi) is 7.47. The van der Waals surface area contributed by atoms with Crippen LogP contribution in [0.5, 0.6) is 0 Å². The molecular weight excluding hydrogens is 441 g/mol. The minimum atomic E-state index is -4.63. The highest BCUT2D eigenvalue weighted by atomic mass is 35.5. The van der Waals surface area contributed by atoms with Crippen LogP contribution in [0.3, 0.4) is 0 Å². The molecule has 168 valence electrons. The van der Waals surface area contributed by atoms with E-state index >= 15 is 0 Å². The molecule has 1 atom stereocenters. The van der Waals surface area contributed by atoms with Gasteiger partial charge in [-0.25, -0.2) is 0 Å². The van der Waals surface area contributed by atoms with Crippen molar-refractivity contribution in [3.63, 3.8) is 0 Å². The Labute approximate surface area is 189 Å². The summed E-state index contributed by atoms with van der Waals surface area (Å²) in [7, 11) is 0. The number of carbonyl (C=O) groups excluding carboxylic acids is 2. The number of hydrogen-bond acceptors (Lipinski definition) is 2. The van der Waals surface area contributed by atoms with Crippen molar-refractivity contribution in [1.82, 2.24) is 5.32 Å². The molecule has 0 bridgehead atoms. The number of halogens is 4. The summed E-state index contributed by atoms with van der Waals surface area (Å²) in [5.74, 6) is 0.473. The van der Waals surface area contributed by atoms with Crippen molar-refractivity contribution in [1.29, 1.82) is 0 Å². The molecule has 1 saturated carbocycles. The number of amides is 2. The lowest BCUT2D eigenvalue weighted by Gasteiger charge is -2.32. The van der Waals surface area contributed by atoms with Crippen molar-refractivity contribution < 1.29 is 22.8 Å². The van der Waals surface area contributed by atoms with Gasteiger partial charge in [-0.15, -0.1) is 6.42 Å². The molecule has 32 heavy (non-hydrogen) atoms. The van der Waals surface area contributed by atoms with Crippen LogP contribution in [0.4, 0.5) is 18.9 Å². The number of rotatable bonds is 5. The molecule has 0 aliphatic heterocycles. The molecule has 3 rings (SSSR count). The lowest BCUT2D eigenvalue weighted by atomic mass is 9.94. The standard InChI is InChI=1S/C24H22ClF3N2O2/c1-2-21(31)30(20-13-7-9-17(15-20)24(26,27)28)22(16-8-6-10-18(25)14-16)23(32)29-19-11-4-3-5-12-19/h1,6-10,13-15,19,22H,3-5,11-12H2,(H,29,32). The monoisotopic (exact) mass is 462 g/mol. The third-order valence-electron chi connectivity index (χ3n) is 5.42. The van der Waals surface area contributed by atoms with Gasteiger partial charge in [0.2, 0.25) is 5.91 Å². The summed E-state index contributed by atoms with van der Waals surface area (Å²) in [5, 5.41) is 3.26. The summed E-state index contributed by atoms with van der Waals surface area (Å²) in [6.07, 6.45) is 5.31. The number of nitrogens with one attached hydrogen (secondary N) is 1. The van der Waals surface area contributed by atoms with Gasteiger partial charge in [0.05, 0.1) is 5.56 Å². The van der Waals surface area contributed by atoms with Crippen molar-refractivity contribution in [2.24, 2.45) is 0 Å². The van der Waals surface area contributed by atoms with E-state index in [9.17, 15) is 22.8 Å². The molecule has 1 aliphatic rings. The largest absolute Gasteiger partial charge is 0.416 e. The number of nitrogens with zero attached hydrogens (tertiary/aromatic N) is 1. The molecule has 0 aromatic heterocycles. The maximum absolute atomic E-state index is 13.4. The highest BCUT2D eigenvalue weighted by Crippen LogP contribution is 2.35. The molecule has 0 spiro atoms. The first-order chi connectivity index (χ1) is 15.2. The fraction of sp³-hybridized carbons (Fsp3) is 0.333. The van der Waals surface area contributed by atoms with Crippen LogP contribution < -0.4 is 10.2 Å². The Morgan fingerprint density at radius 3 is 2.41 bits per heavy atom. The zero-order valence-electron chi connectivity index (χ0n) is 17.2. The average Bonchev–Trinajstić information content (AvgIpc) is 2.77. The Balaban J connectivity index is 2.09. The van der Waals surface area contributed by atoms with Crippen LogP contribution in [0.1, 0.15) is 49.3 Å². The van der Waals surface area contributed by atoms with Gasteiger partial charge in [-0.05, 0) is 54.7 Å². The molecule has 1 N–H and O–H groups in total. The van der Waals surface area contributed by atoms with Crippen molar-refractivity contribution in [3.8, 4) is 12.3 Å². The Morgan fingerprint density at radius 1 is 1.09 bits per heavy atom. The smallest absolute Gasteiger partial charge is 0.351 e. The number of benzene rings is 2. The molecule has 2 amide bonds. The lowest BCUT2D eigenvalue weighted by Crippen LogP contribution is -2.47. The molecule has 1 aliphatic carbocycles. The van der Waals surface area contributed by atoms with E-state index in [2.05, 4.69) is 5.32 Å². The molecule has 1 fully saturated rings. The number of alkyl halides is 3. The van der Waals surface area contributed by atoms with E-state index in [0.29, 0.717) is 10.6 Å². The first-order valence-electron chi connectivity index (χ1n) is 10.2.